The van der Waals surface area contributed by atoms with Crippen molar-refractivity contribution in [1.29, 1.82) is 0 Å². The second kappa shape index (κ2) is 7.90. The van der Waals surface area contributed by atoms with Gasteiger partial charge in [-0.1, -0.05) is 36.4 Å². The Bertz CT molecular complexity index is 866. The van der Waals surface area contributed by atoms with Crippen LogP contribution in [0.5, 0.6) is 5.75 Å². The molecule has 2 aromatic rings. The number of ether oxygens (including phenoxy) is 1. The van der Waals surface area contributed by atoms with Gasteiger partial charge in [0.15, 0.2) is 11.9 Å². The Kier molecular flexibility index (Phi) is 5.40. The maximum atomic E-state index is 12.6. The van der Waals surface area contributed by atoms with Gasteiger partial charge in [0.2, 0.25) is 0 Å². The average Bonchev–Trinajstić information content (AvgIpc) is 2.66. The molecule has 1 aliphatic rings. The first-order valence-corrected chi connectivity index (χ1v) is 8.61. The number of carboxylic acid groups (broad SMARTS) is 1. The first-order chi connectivity index (χ1) is 13.0. The summed E-state index contributed by atoms with van der Waals surface area (Å²) >= 11 is 0. The number of rotatable bonds is 6. The highest BCUT2D eigenvalue weighted by atomic mass is 16.5. The van der Waals surface area contributed by atoms with E-state index in [-0.39, 0.29) is 23.8 Å². The number of fused-ring (bicyclic) bond motifs is 1. The zero-order chi connectivity index (χ0) is 19.4. The number of amides is 2. The molecule has 0 bridgehead atoms. The minimum atomic E-state index is -0.980. The molecule has 0 aromatic heterocycles. The lowest BCUT2D eigenvalue weighted by molar-refractivity contribution is -0.141. The predicted octanol–water partition coefficient (Wildman–Crippen LogP) is 2.08. The lowest BCUT2D eigenvalue weighted by Crippen LogP contribution is -2.37. The summed E-state index contributed by atoms with van der Waals surface area (Å²) in [5, 5.41) is 14.8. The van der Waals surface area contributed by atoms with Crippen molar-refractivity contribution in [2.75, 3.05) is 11.9 Å². The van der Waals surface area contributed by atoms with Crippen LogP contribution in [0, 0.1) is 5.92 Å². The highest BCUT2D eigenvalue weighted by molar-refractivity contribution is 6.04. The molecule has 2 aromatic carbocycles. The van der Waals surface area contributed by atoms with E-state index in [1.165, 1.54) is 0 Å². The molecule has 2 amide bonds. The lowest BCUT2D eigenvalue weighted by Gasteiger charge is -2.25. The van der Waals surface area contributed by atoms with Gasteiger partial charge in [-0.3, -0.25) is 14.4 Å². The summed E-state index contributed by atoms with van der Waals surface area (Å²) < 4.78 is 5.56. The summed E-state index contributed by atoms with van der Waals surface area (Å²) in [6.45, 7) is 1.57. The average molecular weight is 368 g/mol. The number of carbonyl (C=O) groups is 3. The molecule has 0 spiro atoms. The molecule has 1 aliphatic heterocycles. The highest BCUT2D eigenvalue weighted by Crippen LogP contribution is 2.33. The number of nitrogens with one attached hydrogen (secondary N) is 2. The largest absolute Gasteiger partial charge is 0.481 e. The van der Waals surface area contributed by atoms with Crippen molar-refractivity contribution in [2.24, 2.45) is 5.92 Å². The molecule has 27 heavy (non-hydrogen) atoms. The van der Waals surface area contributed by atoms with Crippen LogP contribution in [-0.4, -0.2) is 35.5 Å². The van der Waals surface area contributed by atoms with E-state index in [1.807, 2.05) is 30.3 Å². The Labute approximate surface area is 156 Å². The Balaban J connectivity index is 1.71. The zero-order valence-electron chi connectivity index (χ0n) is 14.8. The van der Waals surface area contributed by atoms with E-state index in [9.17, 15) is 19.5 Å². The minimum Gasteiger partial charge on any atom is -0.481 e. The Hall–Kier alpha value is -3.35. The van der Waals surface area contributed by atoms with Crippen molar-refractivity contribution in [3.8, 4) is 5.75 Å². The van der Waals surface area contributed by atoms with Crippen LogP contribution in [0.1, 0.15) is 22.8 Å². The van der Waals surface area contributed by atoms with Crippen LogP contribution >= 0.6 is 0 Å². The molecular weight excluding hydrogens is 348 g/mol. The molecule has 140 valence electrons. The van der Waals surface area contributed by atoms with E-state index >= 15 is 0 Å². The monoisotopic (exact) mass is 368 g/mol. The second-order valence-corrected chi connectivity index (χ2v) is 6.37. The maximum Gasteiger partial charge on any atom is 0.308 e. The van der Waals surface area contributed by atoms with Crippen LogP contribution in [-0.2, 0) is 16.0 Å². The fourth-order valence-electron chi connectivity index (χ4n) is 2.86. The standard InChI is InChI=1S/C20H20N2O5/c1-12-18(23)22-16-9-5-8-15(17(16)27-12)19(24)21-11-14(20(25)26)10-13-6-3-2-4-7-13/h2-9,12,14H,10-11H2,1H3,(H,21,24)(H,22,23)(H,25,26). The number of carbonyl (C=O) groups excluding carboxylic acids is 2. The van der Waals surface area contributed by atoms with Crippen molar-refractivity contribution in [3.05, 3.63) is 59.7 Å². The van der Waals surface area contributed by atoms with Crippen molar-refractivity contribution >= 4 is 23.5 Å². The normalized spacial score (nSPS) is 16.5. The van der Waals surface area contributed by atoms with Crippen molar-refractivity contribution in [1.82, 2.24) is 5.32 Å². The van der Waals surface area contributed by atoms with E-state index in [0.717, 1.165) is 5.56 Å². The molecule has 0 saturated carbocycles. The van der Waals surface area contributed by atoms with Crippen LogP contribution in [0.25, 0.3) is 0 Å². The minimum absolute atomic E-state index is 0.0192. The fourth-order valence-corrected chi connectivity index (χ4v) is 2.86. The molecule has 0 fully saturated rings. The first kappa shape index (κ1) is 18.4. The maximum absolute atomic E-state index is 12.6. The van der Waals surface area contributed by atoms with Crippen LogP contribution in [0.3, 0.4) is 0 Å². The van der Waals surface area contributed by atoms with Gasteiger partial charge in [0.1, 0.15) is 0 Å². The van der Waals surface area contributed by atoms with Gasteiger partial charge in [0.05, 0.1) is 17.2 Å². The highest BCUT2D eigenvalue weighted by Gasteiger charge is 2.28. The summed E-state index contributed by atoms with van der Waals surface area (Å²) in [7, 11) is 0. The van der Waals surface area contributed by atoms with Gasteiger partial charge in [-0.2, -0.15) is 0 Å². The fraction of sp³-hybridized carbons (Fsp3) is 0.250. The van der Waals surface area contributed by atoms with Crippen molar-refractivity contribution in [2.45, 2.75) is 19.4 Å². The molecule has 2 atom stereocenters. The molecule has 3 N–H and O–H groups in total. The molecule has 0 saturated heterocycles. The summed E-state index contributed by atoms with van der Waals surface area (Å²) in [6, 6.07) is 14.1. The Morgan fingerprint density at radius 2 is 1.93 bits per heavy atom. The van der Waals surface area contributed by atoms with E-state index in [4.69, 9.17) is 4.74 Å². The molecule has 3 rings (SSSR count). The number of para-hydroxylation sites is 1. The third-order valence-electron chi connectivity index (χ3n) is 4.36. The first-order valence-electron chi connectivity index (χ1n) is 8.61. The van der Waals surface area contributed by atoms with E-state index in [0.29, 0.717) is 12.1 Å². The number of hydrogen-bond donors (Lipinski definition) is 3. The van der Waals surface area contributed by atoms with Crippen molar-refractivity contribution < 1.29 is 24.2 Å². The van der Waals surface area contributed by atoms with Gasteiger partial charge in [-0.15, -0.1) is 0 Å². The van der Waals surface area contributed by atoms with E-state index in [1.54, 1.807) is 25.1 Å². The summed E-state index contributed by atoms with van der Waals surface area (Å²) in [4.78, 5) is 35.8. The summed E-state index contributed by atoms with van der Waals surface area (Å²) in [6.07, 6.45) is -0.399. The quantitative estimate of drug-likeness (QED) is 0.724. The summed E-state index contributed by atoms with van der Waals surface area (Å²) in [5.74, 6) is -2.18. The van der Waals surface area contributed by atoms with Crippen LogP contribution in [0.15, 0.2) is 48.5 Å². The molecule has 7 heteroatoms. The van der Waals surface area contributed by atoms with Crippen molar-refractivity contribution in [3.63, 3.8) is 0 Å². The predicted molar refractivity (Wildman–Crippen MR) is 98.8 cm³/mol. The van der Waals surface area contributed by atoms with Crippen LogP contribution in [0.4, 0.5) is 5.69 Å². The molecular formula is C20H20N2O5. The molecule has 2 unspecified atom stereocenters. The van der Waals surface area contributed by atoms with E-state index < -0.39 is 23.9 Å². The number of benzene rings is 2. The topological polar surface area (TPSA) is 105 Å². The van der Waals surface area contributed by atoms with Gasteiger partial charge < -0.3 is 20.5 Å². The summed E-state index contributed by atoms with van der Waals surface area (Å²) in [5.41, 5.74) is 1.56. The third kappa shape index (κ3) is 4.25. The lowest BCUT2D eigenvalue weighted by atomic mass is 9.99. The van der Waals surface area contributed by atoms with Crippen LogP contribution < -0.4 is 15.4 Å². The van der Waals surface area contributed by atoms with Gasteiger partial charge in [0, 0.05) is 6.54 Å². The van der Waals surface area contributed by atoms with Gasteiger partial charge in [-0.05, 0) is 31.0 Å². The zero-order valence-corrected chi connectivity index (χ0v) is 14.8. The Morgan fingerprint density at radius 1 is 1.19 bits per heavy atom. The smallest absolute Gasteiger partial charge is 0.308 e. The SMILES string of the molecule is CC1Oc2c(cccc2C(=O)NCC(Cc2ccccc2)C(=O)O)NC1=O. The number of hydrogen-bond acceptors (Lipinski definition) is 4. The number of aliphatic carboxylic acids is 1. The van der Waals surface area contributed by atoms with Gasteiger partial charge >= 0.3 is 5.97 Å². The molecule has 0 aliphatic carbocycles. The number of anilines is 1. The van der Waals surface area contributed by atoms with Crippen LogP contribution in [0.2, 0.25) is 0 Å². The third-order valence-corrected chi connectivity index (χ3v) is 4.36. The second-order valence-electron chi connectivity index (χ2n) is 6.37. The molecule has 7 nitrogen and oxygen atoms in total. The molecule has 0 radical (unpaired) electrons. The van der Waals surface area contributed by atoms with Gasteiger partial charge in [-0.25, -0.2) is 0 Å². The Morgan fingerprint density at radius 3 is 2.63 bits per heavy atom. The molecule has 1 heterocycles. The van der Waals surface area contributed by atoms with E-state index in [2.05, 4.69) is 10.6 Å². The van der Waals surface area contributed by atoms with Gasteiger partial charge in [0.25, 0.3) is 11.8 Å². The number of carboxylic acids is 1.